The third-order valence-electron chi connectivity index (χ3n) is 11.6. The average molecular weight is 767 g/mol. The summed E-state index contributed by atoms with van der Waals surface area (Å²) in [7, 11) is 2.54. The number of aliphatic hydroxyl groups excluding tert-OH is 2. The number of rotatable bonds is 7. The van der Waals surface area contributed by atoms with Gasteiger partial charge in [0.05, 0.1) is 75.4 Å². The summed E-state index contributed by atoms with van der Waals surface area (Å²) >= 11 is 0. The van der Waals surface area contributed by atoms with Crippen LogP contribution in [-0.4, -0.2) is 138 Å². The maximum Gasteiger partial charge on any atom is 0.410 e. The van der Waals surface area contributed by atoms with Gasteiger partial charge in [0.15, 0.2) is 0 Å². The average Bonchev–Trinajstić information content (AvgIpc) is 4.08. The number of nitrogens with zero attached hydrogens (tertiary/aromatic N) is 6. The number of nitrogens with one attached hydrogen (secondary N) is 2. The molecular formula is C40H46N8O8. The number of amides is 4. The number of β-amino-alcohol motifs (C(OH)–C–C–N with tert-alkyl or cyclic N) is 2. The molecule has 0 bridgehead atoms. The standard InChI is InChI=1S/C40H46N8O8/c1-55-39(53)47-21-27(49)17-33(47)37(51)45-15-3-5-31(45)35-41-19-29(43-35)25-11-7-23(8-12-25)24-9-13-26(14-10-24)30-20-42-36(44-30)32-6-4-16-46(32)38(52)34-18-28(50)22-48(34)40(54)56-2/h7-14,19-20,27-28,31-34,49-50H,3-6,15-18,21-22H2,1-2H3,(H,41,43)(H,42,44). The molecule has 4 amide bonds. The molecule has 6 unspecified atom stereocenters. The minimum Gasteiger partial charge on any atom is -0.453 e. The van der Waals surface area contributed by atoms with E-state index in [2.05, 4.69) is 19.9 Å². The second kappa shape index (κ2) is 15.4. The van der Waals surface area contributed by atoms with Crippen LogP contribution >= 0.6 is 0 Å². The molecule has 0 saturated carbocycles. The number of carbonyl (C=O) groups excluding carboxylic acids is 4. The van der Waals surface area contributed by atoms with Gasteiger partial charge in [-0.3, -0.25) is 19.4 Å². The van der Waals surface area contributed by atoms with Crippen LogP contribution in [0.5, 0.6) is 0 Å². The lowest BCUT2D eigenvalue weighted by atomic mass is 10.0. The molecule has 0 radical (unpaired) electrons. The first-order valence-electron chi connectivity index (χ1n) is 19.1. The van der Waals surface area contributed by atoms with Crippen LogP contribution in [0.25, 0.3) is 33.6 Å². The molecule has 4 saturated heterocycles. The number of methoxy groups -OCH3 is 2. The van der Waals surface area contributed by atoms with E-state index >= 15 is 0 Å². The molecule has 4 aliphatic rings. The van der Waals surface area contributed by atoms with Gasteiger partial charge in [-0.1, -0.05) is 48.5 Å². The molecule has 0 aliphatic carbocycles. The molecule has 6 atom stereocenters. The fraction of sp³-hybridized carbons (Fsp3) is 0.450. The van der Waals surface area contributed by atoms with Crippen molar-refractivity contribution in [3.63, 3.8) is 0 Å². The van der Waals surface area contributed by atoms with Crippen molar-refractivity contribution in [2.24, 2.45) is 0 Å². The molecule has 0 spiro atoms. The van der Waals surface area contributed by atoms with Crippen LogP contribution in [0.4, 0.5) is 9.59 Å². The molecule has 2 aromatic heterocycles. The van der Waals surface area contributed by atoms with Crippen LogP contribution in [0.15, 0.2) is 60.9 Å². The van der Waals surface area contributed by atoms with Crippen molar-refractivity contribution < 1.29 is 38.9 Å². The lowest BCUT2D eigenvalue weighted by Gasteiger charge is -2.29. The van der Waals surface area contributed by atoms with E-state index in [1.54, 1.807) is 22.2 Å². The molecule has 2 aromatic carbocycles. The summed E-state index contributed by atoms with van der Waals surface area (Å²) in [4.78, 5) is 74.1. The summed E-state index contributed by atoms with van der Waals surface area (Å²) < 4.78 is 9.71. The van der Waals surface area contributed by atoms with Crippen molar-refractivity contribution in [3.8, 4) is 33.6 Å². The Morgan fingerprint density at radius 2 is 0.982 bits per heavy atom. The van der Waals surface area contributed by atoms with Crippen molar-refractivity contribution in [1.29, 1.82) is 0 Å². The monoisotopic (exact) mass is 766 g/mol. The SMILES string of the molecule is COC(=O)N1CC(O)CC1C(=O)N1CCCC1c1ncc(-c2ccc(-c3ccc(-c4cnc(C5CCCN5C(=O)C5CC(O)CN5C(=O)OC)[nH]4)cc3)cc2)[nH]1. The van der Waals surface area contributed by atoms with Crippen molar-refractivity contribution >= 4 is 24.0 Å². The minimum atomic E-state index is -0.776. The van der Waals surface area contributed by atoms with E-state index in [9.17, 15) is 29.4 Å². The number of aromatic nitrogens is 4. The smallest absolute Gasteiger partial charge is 0.410 e. The van der Waals surface area contributed by atoms with Crippen molar-refractivity contribution in [3.05, 3.63) is 72.6 Å². The molecule has 4 fully saturated rings. The van der Waals surface area contributed by atoms with Crippen LogP contribution in [0.1, 0.15) is 62.3 Å². The number of H-pyrrole nitrogens is 2. The lowest BCUT2D eigenvalue weighted by Crippen LogP contribution is -2.47. The molecule has 16 heteroatoms. The largest absolute Gasteiger partial charge is 0.453 e. The normalized spacial score (nSPS) is 24.9. The maximum atomic E-state index is 13.6. The van der Waals surface area contributed by atoms with Gasteiger partial charge in [-0.05, 0) is 47.9 Å². The molecule has 56 heavy (non-hydrogen) atoms. The van der Waals surface area contributed by atoms with Crippen molar-refractivity contribution in [2.75, 3.05) is 40.4 Å². The Balaban J connectivity index is 0.913. The molecule has 16 nitrogen and oxygen atoms in total. The predicted octanol–water partition coefficient (Wildman–Crippen LogP) is 3.86. The summed E-state index contributed by atoms with van der Waals surface area (Å²) in [5.41, 5.74) is 5.61. The van der Waals surface area contributed by atoms with Gasteiger partial charge < -0.3 is 39.5 Å². The van der Waals surface area contributed by atoms with Gasteiger partial charge in [0.25, 0.3) is 0 Å². The molecule has 4 N–H and O–H groups in total. The fourth-order valence-corrected chi connectivity index (χ4v) is 8.74. The van der Waals surface area contributed by atoms with Crippen molar-refractivity contribution in [1.82, 2.24) is 39.5 Å². The maximum absolute atomic E-state index is 13.6. The zero-order valence-electron chi connectivity index (χ0n) is 31.3. The van der Waals surface area contributed by atoms with Crippen LogP contribution in [0, 0.1) is 0 Å². The lowest BCUT2D eigenvalue weighted by molar-refractivity contribution is -0.137. The molecule has 294 valence electrons. The zero-order chi connectivity index (χ0) is 39.1. The topological polar surface area (TPSA) is 198 Å². The highest BCUT2D eigenvalue weighted by Crippen LogP contribution is 2.36. The molecular weight excluding hydrogens is 720 g/mol. The summed E-state index contributed by atoms with van der Waals surface area (Å²) in [5.74, 6) is 0.946. The second-order valence-electron chi connectivity index (χ2n) is 15.0. The van der Waals surface area contributed by atoms with E-state index in [1.165, 1.54) is 24.0 Å². The van der Waals surface area contributed by atoms with Gasteiger partial charge in [-0.15, -0.1) is 0 Å². The van der Waals surface area contributed by atoms with E-state index in [1.807, 2.05) is 48.5 Å². The van der Waals surface area contributed by atoms with Crippen LogP contribution < -0.4 is 0 Å². The van der Waals surface area contributed by atoms with Gasteiger partial charge >= 0.3 is 12.2 Å². The number of hydrogen-bond donors (Lipinski definition) is 4. The second-order valence-corrected chi connectivity index (χ2v) is 15.0. The fourth-order valence-electron chi connectivity index (χ4n) is 8.74. The Morgan fingerprint density at radius 3 is 1.36 bits per heavy atom. The van der Waals surface area contributed by atoms with Gasteiger partial charge in [0.2, 0.25) is 11.8 Å². The number of benzene rings is 2. The van der Waals surface area contributed by atoms with E-state index in [4.69, 9.17) is 9.47 Å². The number of aromatic amines is 2. The summed E-state index contributed by atoms with van der Waals surface area (Å²) in [6, 6.07) is 14.2. The van der Waals surface area contributed by atoms with Crippen LogP contribution in [-0.2, 0) is 19.1 Å². The Kier molecular flexibility index (Phi) is 10.2. The highest BCUT2D eigenvalue weighted by molar-refractivity contribution is 5.88. The number of imidazole rings is 2. The highest BCUT2D eigenvalue weighted by atomic mass is 16.5. The first kappa shape index (κ1) is 37.2. The third-order valence-corrected chi connectivity index (χ3v) is 11.6. The van der Waals surface area contributed by atoms with Crippen molar-refractivity contribution in [2.45, 2.75) is 74.9 Å². The summed E-state index contributed by atoms with van der Waals surface area (Å²) in [6.07, 6.45) is 4.20. The third kappa shape index (κ3) is 6.98. The molecule has 8 rings (SSSR count). The first-order valence-corrected chi connectivity index (χ1v) is 19.1. The van der Waals surface area contributed by atoms with E-state index in [0.717, 1.165) is 59.3 Å². The number of ether oxygens (including phenoxy) is 2. The first-order chi connectivity index (χ1) is 27.1. The number of likely N-dealkylation sites (tertiary alicyclic amines) is 4. The van der Waals surface area contributed by atoms with E-state index in [-0.39, 0.29) is 49.8 Å². The van der Waals surface area contributed by atoms with E-state index < -0.39 is 36.5 Å². The Morgan fingerprint density at radius 1 is 0.607 bits per heavy atom. The zero-order valence-corrected chi connectivity index (χ0v) is 31.3. The number of hydrogen-bond acceptors (Lipinski definition) is 10. The Bertz CT molecular complexity index is 1940. The number of aliphatic hydroxyl groups is 2. The van der Waals surface area contributed by atoms with Gasteiger partial charge in [0.1, 0.15) is 23.7 Å². The van der Waals surface area contributed by atoms with Gasteiger partial charge in [0, 0.05) is 25.9 Å². The van der Waals surface area contributed by atoms with Gasteiger partial charge in [-0.25, -0.2) is 19.6 Å². The van der Waals surface area contributed by atoms with Crippen LogP contribution in [0.2, 0.25) is 0 Å². The minimum absolute atomic E-state index is 0.0668. The van der Waals surface area contributed by atoms with E-state index in [0.29, 0.717) is 24.7 Å². The molecule has 4 aromatic rings. The summed E-state index contributed by atoms with van der Waals surface area (Å²) in [6.45, 7) is 1.22. The predicted molar refractivity (Wildman–Crippen MR) is 201 cm³/mol. The Labute approximate surface area is 323 Å². The molecule has 6 heterocycles. The van der Waals surface area contributed by atoms with Gasteiger partial charge in [-0.2, -0.15) is 0 Å². The Hall–Kier alpha value is -5.74. The highest BCUT2D eigenvalue weighted by Gasteiger charge is 2.46. The molecule has 4 aliphatic heterocycles. The van der Waals surface area contributed by atoms with Crippen LogP contribution in [0.3, 0.4) is 0 Å². The summed E-state index contributed by atoms with van der Waals surface area (Å²) in [5, 5.41) is 20.4. The quantitative estimate of drug-likeness (QED) is 0.214. The number of carbonyl (C=O) groups is 4.